The van der Waals surface area contributed by atoms with Gasteiger partial charge >= 0.3 is 0 Å². The Labute approximate surface area is 221 Å². The topological polar surface area (TPSA) is 96.5 Å². The molecule has 2 N–H and O–H groups in total. The third-order valence-electron chi connectivity index (χ3n) is 6.39. The molecule has 37 heavy (non-hydrogen) atoms. The average molecular weight is 521 g/mol. The molecule has 0 bridgehead atoms. The van der Waals surface area contributed by atoms with E-state index < -0.39 is 0 Å². The molecule has 4 aromatic rings. The summed E-state index contributed by atoms with van der Waals surface area (Å²) in [5, 5.41) is 2.93. The minimum Gasteiger partial charge on any atom is -0.496 e. The molecule has 192 valence electrons. The second kappa shape index (κ2) is 11.5. The number of carbonyl (C=O) groups excluding carboxylic acids is 2. The summed E-state index contributed by atoms with van der Waals surface area (Å²) < 4.78 is 10.7. The molecule has 2 heterocycles. The van der Waals surface area contributed by atoms with Crippen molar-refractivity contribution in [3.8, 4) is 5.75 Å². The van der Waals surface area contributed by atoms with E-state index in [-0.39, 0.29) is 24.2 Å². The first kappa shape index (κ1) is 26.2. The lowest BCUT2D eigenvalue weighted by Gasteiger charge is -2.23. The van der Waals surface area contributed by atoms with Crippen LogP contribution in [0.5, 0.6) is 5.75 Å². The number of amides is 2. The van der Waals surface area contributed by atoms with Crippen LogP contribution in [0.2, 0.25) is 0 Å². The van der Waals surface area contributed by atoms with Gasteiger partial charge in [0.2, 0.25) is 0 Å². The van der Waals surface area contributed by atoms with Crippen molar-refractivity contribution in [2.45, 2.75) is 25.9 Å². The van der Waals surface area contributed by atoms with E-state index >= 15 is 0 Å². The number of benzene rings is 3. The van der Waals surface area contributed by atoms with Crippen molar-refractivity contribution in [3.05, 3.63) is 83.2 Å². The Balaban J connectivity index is 0.00000320. The Morgan fingerprint density at radius 2 is 1.89 bits per heavy atom. The van der Waals surface area contributed by atoms with Gasteiger partial charge in [-0.15, -0.1) is 12.4 Å². The number of hydrogen-bond donors (Lipinski definition) is 2. The van der Waals surface area contributed by atoms with Crippen LogP contribution in [0.4, 0.5) is 11.4 Å². The maximum absolute atomic E-state index is 13.5. The largest absolute Gasteiger partial charge is 0.496 e. The zero-order chi connectivity index (χ0) is 25.1. The normalized spacial score (nSPS) is 12.9. The number of para-hydroxylation sites is 2. The summed E-state index contributed by atoms with van der Waals surface area (Å²) >= 11 is 0. The lowest BCUT2D eigenvalue weighted by atomic mass is 10.1. The highest BCUT2D eigenvalue weighted by molar-refractivity contribution is 6.11. The highest BCUT2D eigenvalue weighted by Gasteiger charge is 2.24. The van der Waals surface area contributed by atoms with Crippen molar-refractivity contribution in [1.82, 2.24) is 9.97 Å². The molecule has 9 heteroatoms. The van der Waals surface area contributed by atoms with E-state index in [2.05, 4.69) is 21.4 Å². The van der Waals surface area contributed by atoms with Crippen molar-refractivity contribution in [2.75, 3.05) is 31.0 Å². The number of halogens is 1. The summed E-state index contributed by atoms with van der Waals surface area (Å²) in [6, 6.07) is 18.5. The van der Waals surface area contributed by atoms with Crippen LogP contribution in [0.3, 0.4) is 0 Å². The summed E-state index contributed by atoms with van der Waals surface area (Å²) in [4.78, 5) is 36.3. The van der Waals surface area contributed by atoms with Crippen molar-refractivity contribution >= 4 is 46.6 Å². The average Bonchev–Trinajstić information content (AvgIpc) is 3.20. The van der Waals surface area contributed by atoms with Gasteiger partial charge in [0.15, 0.2) is 0 Å². The molecule has 5 rings (SSSR count). The Morgan fingerprint density at radius 3 is 2.70 bits per heavy atom. The summed E-state index contributed by atoms with van der Waals surface area (Å²) in [6.45, 7) is 0.992. The first-order valence-electron chi connectivity index (χ1n) is 11.9. The van der Waals surface area contributed by atoms with Crippen LogP contribution < -0.4 is 15.0 Å². The molecule has 1 aromatic heterocycles. The number of methoxy groups -OCH3 is 2. The number of rotatable bonds is 6. The maximum Gasteiger partial charge on any atom is 0.259 e. The van der Waals surface area contributed by atoms with Crippen LogP contribution in [-0.2, 0) is 17.8 Å². The Kier molecular flexibility index (Phi) is 8.11. The van der Waals surface area contributed by atoms with Crippen molar-refractivity contribution in [3.63, 3.8) is 0 Å². The molecule has 0 saturated carbocycles. The van der Waals surface area contributed by atoms with Gasteiger partial charge in [-0.05, 0) is 61.2 Å². The first-order valence-corrected chi connectivity index (χ1v) is 11.9. The monoisotopic (exact) mass is 520 g/mol. The van der Waals surface area contributed by atoms with Crippen molar-refractivity contribution < 1.29 is 19.1 Å². The maximum atomic E-state index is 13.5. The number of nitrogens with one attached hydrogen (secondary N) is 2. The number of hydrogen-bond acceptors (Lipinski definition) is 5. The number of aromatic amines is 1. The van der Waals surface area contributed by atoms with Crippen LogP contribution in [0.25, 0.3) is 11.0 Å². The number of nitrogens with zero attached hydrogens (tertiary/aromatic N) is 2. The number of H-pyrrole nitrogens is 1. The third kappa shape index (κ3) is 5.30. The van der Waals surface area contributed by atoms with Crippen molar-refractivity contribution in [1.29, 1.82) is 0 Å². The Hall–Kier alpha value is -3.88. The van der Waals surface area contributed by atoms with E-state index in [4.69, 9.17) is 9.47 Å². The fourth-order valence-corrected chi connectivity index (χ4v) is 4.65. The van der Waals surface area contributed by atoms with Crippen LogP contribution in [0.1, 0.15) is 44.9 Å². The molecule has 0 fully saturated rings. The molecule has 0 radical (unpaired) electrons. The zero-order valence-electron chi connectivity index (χ0n) is 20.7. The summed E-state index contributed by atoms with van der Waals surface area (Å²) in [5.74, 6) is 0.539. The third-order valence-corrected chi connectivity index (χ3v) is 6.39. The fraction of sp³-hybridized carbons (Fsp3) is 0.250. The van der Waals surface area contributed by atoms with Crippen molar-refractivity contribution in [2.24, 2.45) is 0 Å². The highest BCUT2D eigenvalue weighted by Crippen LogP contribution is 2.30. The number of ether oxygens (including phenoxy) is 2. The SMILES string of the molecule is COCc1nc2c(NC(=O)c3ccc(C(=O)N4CCCCc5ccccc54)cc3OC)cccc2[nH]1.Cl. The molecule has 8 nitrogen and oxygen atoms in total. The minimum absolute atomic E-state index is 0. The van der Waals surface area contributed by atoms with Gasteiger partial charge in [-0.2, -0.15) is 0 Å². The predicted molar refractivity (Wildman–Crippen MR) is 146 cm³/mol. The number of fused-ring (bicyclic) bond motifs is 2. The molecule has 0 spiro atoms. The summed E-state index contributed by atoms with van der Waals surface area (Å²) in [5.41, 5.74) is 4.93. The lowest BCUT2D eigenvalue weighted by molar-refractivity contribution is 0.0982. The minimum atomic E-state index is -0.352. The van der Waals surface area contributed by atoms with Gasteiger partial charge in [0, 0.05) is 24.9 Å². The molecule has 3 aromatic carbocycles. The van der Waals surface area contributed by atoms with E-state index in [9.17, 15) is 9.59 Å². The van der Waals surface area contributed by atoms with Gasteiger partial charge in [0.05, 0.1) is 23.9 Å². The smallest absolute Gasteiger partial charge is 0.259 e. The Bertz CT molecular complexity index is 1430. The second-order valence-corrected chi connectivity index (χ2v) is 8.73. The quantitative estimate of drug-likeness (QED) is 0.356. The predicted octanol–water partition coefficient (Wildman–Crippen LogP) is 5.38. The fourth-order valence-electron chi connectivity index (χ4n) is 4.65. The van der Waals surface area contributed by atoms with Crippen LogP contribution in [0.15, 0.2) is 60.7 Å². The summed E-state index contributed by atoms with van der Waals surface area (Å²) in [6.07, 6.45) is 2.93. The molecular weight excluding hydrogens is 492 g/mol. The molecule has 2 amide bonds. The van der Waals surface area contributed by atoms with E-state index in [1.165, 1.54) is 12.7 Å². The van der Waals surface area contributed by atoms with Gasteiger partial charge in [-0.1, -0.05) is 24.3 Å². The highest BCUT2D eigenvalue weighted by atomic mass is 35.5. The second-order valence-electron chi connectivity index (χ2n) is 8.73. The van der Waals surface area contributed by atoms with E-state index in [1.807, 2.05) is 35.2 Å². The van der Waals surface area contributed by atoms with Gasteiger partial charge in [0.25, 0.3) is 11.8 Å². The Morgan fingerprint density at radius 1 is 1.05 bits per heavy atom. The van der Waals surface area contributed by atoms with Gasteiger partial charge in [0.1, 0.15) is 23.7 Å². The molecule has 1 aliphatic rings. The number of carbonyl (C=O) groups is 2. The number of aryl methyl sites for hydroxylation is 1. The molecule has 0 aliphatic carbocycles. The standard InChI is InChI=1S/C28H28N4O4.ClH/c1-35-17-25-29-21-10-7-11-22(26(21)31-25)30-27(33)20-14-13-19(16-24(20)36-2)28(34)32-15-6-5-9-18-8-3-4-12-23(18)32;/h3-4,7-8,10-14,16H,5-6,9,15,17H2,1-2H3,(H,29,31)(H,30,33);1H. The van der Waals surface area contributed by atoms with E-state index in [1.54, 1.807) is 31.4 Å². The van der Waals surface area contributed by atoms with Gasteiger partial charge in [-0.25, -0.2) is 4.98 Å². The lowest BCUT2D eigenvalue weighted by Crippen LogP contribution is -2.31. The molecule has 0 saturated heterocycles. The first-order chi connectivity index (χ1) is 17.6. The molecule has 1 aliphatic heterocycles. The van der Waals surface area contributed by atoms with Crippen LogP contribution in [-0.4, -0.2) is 42.5 Å². The van der Waals surface area contributed by atoms with Crippen LogP contribution >= 0.6 is 12.4 Å². The van der Waals surface area contributed by atoms with E-state index in [0.29, 0.717) is 47.1 Å². The zero-order valence-corrected chi connectivity index (χ0v) is 21.6. The number of anilines is 2. The summed E-state index contributed by atoms with van der Waals surface area (Å²) in [7, 11) is 3.09. The van der Waals surface area contributed by atoms with Gasteiger partial charge in [-0.3, -0.25) is 9.59 Å². The number of imidazole rings is 1. The van der Waals surface area contributed by atoms with Gasteiger partial charge < -0.3 is 24.7 Å². The molecule has 0 atom stereocenters. The number of aromatic nitrogens is 2. The molecular formula is C28H29ClN4O4. The van der Waals surface area contributed by atoms with E-state index in [0.717, 1.165) is 30.5 Å². The molecule has 0 unspecified atom stereocenters. The van der Waals surface area contributed by atoms with Crippen LogP contribution in [0, 0.1) is 0 Å².